The minimum Gasteiger partial charge on any atom is -0.504 e. The predicted octanol–water partition coefficient (Wildman–Crippen LogP) is 5.15. The van der Waals surface area contributed by atoms with Crippen LogP contribution in [0.5, 0.6) is 11.5 Å². The normalized spacial score (nSPS) is 12.0. The highest BCUT2D eigenvalue weighted by atomic mass is 16.3. The molecule has 0 saturated carbocycles. The van der Waals surface area contributed by atoms with E-state index in [2.05, 4.69) is 30.3 Å². The Labute approximate surface area is 126 Å². The van der Waals surface area contributed by atoms with E-state index < -0.39 is 0 Å². The molecule has 0 aliphatic carbocycles. The standard InChI is InChI=1S/C20H12O2/c21-16-10-12-9-8-11-4-3-7-14-13-5-1-2-6-15(13)19(20(16)22)18(12)17(11)14/h1-10,21-22H. The van der Waals surface area contributed by atoms with E-state index in [1.54, 1.807) is 6.07 Å². The Balaban J connectivity index is 2.32. The summed E-state index contributed by atoms with van der Waals surface area (Å²) in [5.74, 6) is -0.113. The number of rotatable bonds is 0. The Morgan fingerprint density at radius 1 is 0.545 bits per heavy atom. The summed E-state index contributed by atoms with van der Waals surface area (Å²) in [4.78, 5) is 0. The quantitative estimate of drug-likeness (QED) is 0.234. The zero-order valence-electron chi connectivity index (χ0n) is 11.7. The number of aromatic hydroxyl groups is 2. The molecule has 22 heavy (non-hydrogen) atoms. The zero-order valence-corrected chi connectivity index (χ0v) is 11.7. The highest BCUT2D eigenvalue weighted by Gasteiger charge is 2.17. The maximum Gasteiger partial charge on any atom is 0.166 e. The van der Waals surface area contributed by atoms with E-state index in [4.69, 9.17) is 0 Å². The Bertz CT molecular complexity index is 1190. The monoisotopic (exact) mass is 284 g/mol. The maximum atomic E-state index is 10.5. The van der Waals surface area contributed by atoms with Crippen LogP contribution in [0.2, 0.25) is 0 Å². The van der Waals surface area contributed by atoms with Crippen LogP contribution in [-0.2, 0) is 0 Å². The molecule has 0 aliphatic rings. The molecule has 0 unspecified atom stereocenters. The Hall–Kier alpha value is -3.00. The smallest absolute Gasteiger partial charge is 0.166 e. The van der Waals surface area contributed by atoms with Gasteiger partial charge in [-0.2, -0.15) is 0 Å². The summed E-state index contributed by atoms with van der Waals surface area (Å²) in [6.45, 7) is 0. The van der Waals surface area contributed by atoms with E-state index in [9.17, 15) is 10.2 Å². The molecule has 0 aliphatic heterocycles. The fourth-order valence-corrected chi connectivity index (χ4v) is 3.67. The van der Waals surface area contributed by atoms with Crippen molar-refractivity contribution in [2.24, 2.45) is 0 Å². The van der Waals surface area contributed by atoms with Gasteiger partial charge in [-0.3, -0.25) is 0 Å². The number of phenolic OH excluding ortho intramolecular Hbond substituents is 2. The molecular formula is C20H12O2. The van der Waals surface area contributed by atoms with E-state index in [0.717, 1.165) is 37.7 Å². The highest BCUT2D eigenvalue weighted by molar-refractivity contribution is 6.35. The molecule has 5 rings (SSSR count). The number of fused-ring (bicyclic) bond motifs is 3. The molecule has 2 nitrogen and oxygen atoms in total. The van der Waals surface area contributed by atoms with Crippen LogP contribution < -0.4 is 0 Å². The second kappa shape index (κ2) is 3.80. The van der Waals surface area contributed by atoms with Crippen molar-refractivity contribution in [3.8, 4) is 11.5 Å². The number of phenols is 2. The van der Waals surface area contributed by atoms with Crippen molar-refractivity contribution < 1.29 is 10.2 Å². The van der Waals surface area contributed by atoms with Crippen LogP contribution in [0, 0.1) is 0 Å². The lowest BCUT2D eigenvalue weighted by molar-refractivity contribution is 0.409. The lowest BCUT2D eigenvalue weighted by Gasteiger charge is -2.16. The van der Waals surface area contributed by atoms with Crippen molar-refractivity contribution in [1.82, 2.24) is 0 Å². The molecule has 0 amide bonds. The van der Waals surface area contributed by atoms with Crippen molar-refractivity contribution in [3.05, 3.63) is 60.7 Å². The molecule has 5 aromatic carbocycles. The van der Waals surface area contributed by atoms with Crippen LogP contribution in [-0.4, -0.2) is 10.2 Å². The van der Waals surface area contributed by atoms with E-state index in [-0.39, 0.29) is 11.5 Å². The summed E-state index contributed by atoms with van der Waals surface area (Å²) in [6, 6.07) is 20.0. The second-order valence-corrected chi connectivity index (χ2v) is 5.73. The molecule has 0 spiro atoms. The van der Waals surface area contributed by atoms with E-state index in [1.807, 2.05) is 24.3 Å². The summed E-state index contributed by atoms with van der Waals surface area (Å²) in [6.07, 6.45) is 0. The Morgan fingerprint density at radius 2 is 1.23 bits per heavy atom. The first-order valence-electron chi connectivity index (χ1n) is 7.26. The molecule has 0 bridgehead atoms. The summed E-state index contributed by atoms with van der Waals surface area (Å²) in [5, 5.41) is 28.8. The number of benzene rings is 5. The number of hydrogen-bond acceptors (Lipinski definition) is 2. The molecule has 0 heterocycles. The topological polar surface area (TPSA) is 40.5 Å². The van der Waals surface area contributed by atoms with Crippen LogP contribution >= 0.6 is 0 Å². The maximum absolute atomic E-state index is 10.5. The molecule has 0 saturated heterocycles. The summed E-state index contributed by atoms with van der Waals surface area (Å²) < 4.78 is 0. The van der Waals surface area contributed by atoms with Crippen LogP contribution in [0.1, 0.15) is 0 Å². The van der Waals surface area contributed by atoms with Crippen molar-refractivity contribution in [3.63, 3.8) is 0 Å². The third-order valence-electron chi connectivity index (χ3n) is 4.59. The number of hydrogen-bond donors (Lipinski definition) is 2. The lowest BCUT2D eigenvalue weighted by atomic mass is 9.89. The van der Waals surface area contributed by atoms with Crippen molar-refractivity contribution in [2.75, 3.05) is 0 Å². The van der Waals surface area contributed by atoms with Gasteiger partial charge in [0.15, 0.2) is 11.5 Å². The van der Waals surface area contributed by atoms with E-state index in [1.165, 1.54) is 5.39 Å². The Kier molecular flexibility index (Phi) is 2.01. The molecule has 0 atom stereocenters. The van der Waals surface area contributed by atoms with Gasteiger partial charge < -0.3 is 10.2 Å². The molecule has 2 N–H and O–H groups in total. The van der Waals surface area contributed by atoms with Gasteiger partial charge in [0.25, 0.3) is 0 Å². The van der Waals surface area contributed by atoms with Crippen molar-refractivity contribution >= 4 is 43.1 Å². The van der Waals surface area contributed by atoms with Crippen molar-refractivity contribution in [2.45, 2.75) is 0 Å². The predicted molar refractivity (Wildman–Crippen MR) is 91.0 cm³/mol. The van der Waals surface area contributed by atoms with Crippen LogP contribution in [0.25, 0.3) is 43.1 Å². The minimum absolute atomic E-state index is 0.0399. The molecule has 2 heteroatoms. The van der Waals surface area contributed by atoms with Gasteiger partial charge >= 0.3 is 0 Å². The average Bonchev–Trinajstić information content (AvgIpc) is 2.56. The molecule has 0 radical (unpaired) electrons. The van der Waals surface area contributed by atoms with Gasteiger partial charge in [-0.15, -0.1) is 0 Å². The van der Waals surface area contributed by atoms with Gasteiger partial charge in [0.1, 0.15) is 0 Å². The average molecular weight is 284 g/mol. The Morgan fingerprint density at radius 3 is 2.09 bits per heavy atom. The first kappa shape index (κ1) is 11.6. The second-order valence-electron chi connectivity index (χ2n) is 5.73. The van der Waals surface area contributed by atoms with Gasteiger partial charge in [0.2, 0.25) is 0 Å². The third kappa shape index (κ3) is 1.25. The van der Waals surface area contributed by atoms with E-state index >= 15 is 0 Å². The zero-order chi connectivity index (χ0) is 14.8. The molecule has 5 aromatic rings. The van der Waals surface area contributed by atoms with Crippen molar-refractivity contribution in [1.29, 1.82) is 0 Å². The first-order valence-corrected chi connectivity index (χ1v) is 7.26. The summed E-state index contributed by atoms with van der Waals surface area (Å²) >= 11 is 0. The fourth-order valence-electron chi connectivity index (χ4n) is 3.67. The highest BCUT2D eigenvalue weighted by Crippen LogP contribution is 2.46. The molecule has 0 fully saturated rings. The van der Waals surface area contributed by atoms with Gasteiger partial charge in [-0.1, -0.05) is 54.6 Å². The van der Waals surface area contributed by atoms with Crippen LogP contribution in [0.3, 0.4) is 0 Å². The summed E-state index contributed by atoms with van der Waals surface area (Å²) in [5.41, 5.74) is 0. The fraction of sp³-hybridized carbons (Fsp3) is 0. The van der Waals surface area contributed by atoms with Crippen LogP contribution in [0.4, 0.5) is 0 Å². The molecular weight excluding hydrogens is 272 g/mol. The van der Waals surface area contributed by atoms with Crippen LogP contribution in [0.15, 0.2) is 60.7 Å². The first-order chi connectivity index (χ1) is 10.8. The van der Waals surface area contributed by atoms with Gasteiger partial charge in [-0.25, -0.2) is 0 Å². The van der Waals surface area contributed by atoms with E-state index in [0.29, 0.717) is 0 Å². The van der Waals surface area contributed by atoms with Gasteiger partial charge in [0, 0.05) is 10.8 Å². The van der Waals surface area contributed by atoms with Gasteiger partial charge in [-0.05, 0) is 38.4 Å². The largest absolute Gasteiger partial charge is 0.504 e. The lowest BCUT2D eigenvalue weighted by Crippen LogP contribution is -1.87. The summed E-state index contributed by atoms with van der Waals surface area (Å²) in [7, 11) is 0. The minimum atomic E-state index is -0.0731. The molecule has 0 aromatic heterocycles. The van der Waals surface area contributed by atoms with Gasteiger partial charge in [0.05, 0.1) is 0 Å². The molecule has 104 valence electrons. The SMILES string of the molecule is Oc1cc2ccc3cccc4c5ccccc5c(c1O)c2c34. The third-order valence-corrected chi connectivity index (χ3v) is 4.59.